The number of ether oxygens (including phenoxy) is 1. The largest absolute Gasteiger partial charge is 0.497 e. The van der Waals surface area contributed by atoms with Gasteiger partial charge in [-0.3, -0.25) is 4.79 Å². The summed E-state index contributed by atoms with van der Waals surface area (Å²) < 4.78 is 5.08. The molecule has 1 heterocycles. The van der Waals surface area contributed by atoms with Crippen molar-refractivity contribution in [2.24, 2.45) is 0 Å². The average Bonchev–Trinajstić information content (AvgIpc) is 2.53. The highest BCUT2D eigenvalue weighted by Gasteiger charge is 2.11. The lowest BCUT2D eigenvalue weighted by Gasteiger charge is -2.08. The average molecular weight is 298 g/mol. The number of hydrogen-bond donors (Lipinski definition) is 2. The van der Waals surface area contributed by atoms with Crippen molar-refractivity contribution in [3.63, 3.8) is 0 Å². The van der Waals surface area contributed by atoms with Crippen molar-refractivity contribution in [1.29, 1.82) is 0 Å². The van der Waals surface area contributed by atoms with E-state index in [-0.39, 0.29) is 5.91 Å². The molecule has 6 nitrogen and oxygen atoms in total. The Bertz CT molecular complexity index is 668. The lowest BCUT2D eigenvalue weighted by atomic mass is 10.2. The van der Waals surface area contributed by atoms with Gasteiger partial charge in [-0.15, -0.1) is 6.58 Å². The van der Waals surface area contributed by atoms with Crippen LogP contribution in [0.2, 0.25) is 0 Å². The normalized spacial score (nSPS) is 9.91. The van der Waals surface area contributed by atoms with E-state index in [4.69, 9.17) is 4.74 Å². The SMILES string of the molecule is C=CCNc1nc(C)cc(C(=O)Nc2ccc(OC)cc2)n1. The van der Waals surface area contributed by atoms with E-state index in [1.54, 1.807) is 43.5 Å². The van der Waals surface area contributed by atoms with Gasteiger partial charge in [0.25, 0.3) is 5.91 Å². The summed E-state index contributed by atoms with van der Waals surface area (Å²) in [5, 5.41) is 5.76. The molecule has 22 heavy (non-hydrogen) atoms. The minimum atomic E-state index is -0.294. The first kappa shape index (κ1) is 15.5. The topological polar surface area (TPSA) is 76.1 Å². The lowest BCUT2D eigenvalue weighted by Crippen LogP contribution is -2.16. The molecule has 0 bridgehead atoms. The maximum Gasteiger partial charge on any atom is 0.274 e. The van der Waals surface area contributed by atoms with Crippen LogP contribution >= 0.6 is 0 Å². The molecule has 2 N–H and O–H groups in total. The Kier molecular flexibility index (Phi) is 5.08. The second-order valence-corrected chi connectivity index (χ2v) is 4.57. The fourth-order valence-electron chi connectivity index (χ4n) is 1.80. The summed E-state index contributed by atoms with van der Waals surface area (Å²) in [4.78, 5) is 20.7. The molecule has 0 atom stereocenters. The molecule has 0 aliphatic rings. The molecule has 0 aliphatic heterocycles. The summed E-state index contributed by atoms with van der Waals surface area (Å²) in [6, 6.07) is 8.72. The number of rotatable bonds is 6. The Morgan fingerprint density at radius 1 is 1.32 bits per heavy atom. The van der Waals surface area contributed by atoms with Crippen LogP contribution in [0.1, 0.15) is 16.2 Å². The molecule has 0 unspecified atom stereocenters. The van der Waals surface area contributed by atoms with Crippen LogP contribution in [0.4, 0.5) is 11.6 Å². The highest BCUT2D eigenvalue weighted by molar-refractivity contribution is 6.03. The maximum atomic E-state index is 12.3. The monoisotopic (exact) mass is 298 g/mol. The molecule has 2 rings (SSSR count). The fourth-order valence-corrected chi connectivity index (χ4v) is 1.80. The molecule has 0 saturated heterocycles. The molecular weight excluding hydrogens is 280 g/mol. The summed E-state index contributed by atoms with van der Waals surface area (Å²) in [5.41, 5.74) is 1.68. The van der Waals surface area contributed by atoms with Crippen molar-refractivity contribution in [1.82, 2.24) is 9.97 Å². The van der Waals surface area contributed by atoms with Gasteiger partial charge < -0.3 is 15.4 Å². The van der Waals surface area contributed by atoms with Crippen molar-refractivity contribution in [3.05, 3.63) is 54.4 Å². The van der Waals surface area contributed by atoms with Crippen LogP contribution in [-0.2, 0) is 0 Å². The van der Waals surface area contributed by atoms with Crippen LogP contribution in [0.5, 0.6) is 5.75 Å². The van der Waals surface area contributed by atoms with Crippen molar-refractivity contribution in [2.75, 3.05) is 24.3 Å². The quantitative estimate of drug-likeness (QED) is 0.802. The molecular formula is C16H18N4O2. The molecule has 2 aromatic rings. The molecule has 0 spiro atoms. The number of amides is 1. The van der Waals surface area contributed by atoms with Gasteiger partial charge >= 0.3 is 0 Å². The molecule has 0 saturated carbocycles. The Balaban J connectivity index is 2.13. The minimum absolute atomic E-state index is 0.294. The van der Waals surface area contributed by atoms with E-state index in [2.05, 4.69) is 27.2 Å². The van der Waals surface area contributed by atoms with Crippen LogP contribution in [-0.4, -0.2) is 29.5 Å². The number of carbonyl (C=O) groups is 1. The zero-order valence-electron chi connectivity index (χ0n) is 12.6. The van der Waals surface area contributed by atoms with Gasteiger partial charge in [0.1, 0.15) is 11.4 Å². The first-order valence-corrected chi connectivity index (χ1v) is 6.78. The highest BCUT2D eigenvalue weighted by Crippen LogP contribution is 2.16. The van der Waals surface area contributed by atoms with Gasteiger partial charge in [-0.1, -0.05) is 6.08 Å². The van der Waals surface area contributed by atoms with Gasteiger partial charge in [0.05, 0.1) is 7.11 Å². The number of carbonyl (C=O) groups excluding carboxylic acids is 1. The maximum absolute atomic E-state index is 12.3. The Morgan fingerprint density at radius 2 is 2.05 bits per heavy atom. The van der Waals surface area contributed by atoms with E-state index in [0.717, 1.165) is 5.75 Å². The molecule has 0 radical (unpaired) electrons. The van der Waals surface area contributed by atoms with Crippen LogP contribution < -0.4 is 15.4 Å². The summed E-state index contributed by atoms with van der Waals surface area (Å²) in [6.45, 7) is 5.96. The molecule has 0 aliphatic carbocycles. The van der Waals surface area contributed by atoms with Crippen LogP contribution in [0.15, 0.2) is 43.0 Å². The van der Waals surface area contributed by atoms with E-state index in [0.29, 0.717) is 29.6 Å². The van der Waals surface area contributed by atoms with Crippen LogP contribution in [0.25, 0.3) is 0 Å². The third-order valence-electron chi connectivity index (χ3n) is 2.84. The van der Waals surface area contributed by atoms with Gasteiger partial charge in [0.2, 0.25) is 5.95 Å². The number of nitrogens with one attached hydrogen (secondary N) is 2. The summed E-state index contributed by atoms with van der Waals surface area (Å²) >= 11 is 0. The smallest absolute Gasteiger partial charge is 0.274 e. The summed E-state index contributed by atoms with van der Waals surface area (Å²) in [7, 11) is 1.59. The number of anilines is 2. The number of nitrogens with zero attached hydrogens (tertiary/aromatic N) is 2. The minimum Gasteiger partial charge on any atom is -0.497 e. The van der Waals surface area contributed by atoms with Gasteiger partial charge in [-0.2, -0.15) is 0 Å². The standard InChI is InChI=1S/C16H18N4O2/c1-4-9-17-16-18-11(2)10-14(20-16)15(21)19-12-5-7-13(22-3)8-6-12/h4-8,10H,1,9H2,2-3H3,(H,19,21)(H,17,18,20). The number of aryl methyl sites for hydroxylation is 1. The summed E-state index contributed by atoms with van der Waals surface area (Å²) in [6.07, 6.45) is 1.70. The number of hydrogen-bond acceptors (Lipinski definition) is 5. The van der Waals surface area contributed by atoms with E-state index < -0.39 is 0 Å². The molecule has 1 aromatic carbocycles. The molecule has 0 fully saturated rings. The first-order valence-electron chi connectivity index (χ1n) is 6.78. The molecule has 1 amide bonds. The van der Waals surface area contributed by atoms with Gasteiger partial charge in [-0.05, 0) is 37.3 Å². The number of methoxy groups -OCH3 is 1. The Labute approximate surface area is 129 Å². The molecule has 6 heteroatoms. The van der Waals surface area contributed by atoms with Gasteiger partial charge in [-0.25, -0.2) is 9.97 Å². The summed E-state index contributed by atoms with van der Waals surface area (Å²) in [5.74, 6) is 0.837. The van der Waals surface area contributed by atoms with E-state index in [1.165, 1.54) is 0 Å². The third-order valence-corrected chi connectivity index (χ3v) is 2.84. The van der Waals surface area contributed by atoms with E-state index >= 15 is 0 Å². The van der Waals surface area contributed by atoms with Crippen molar-refractivity contribution < 1.29 is 9.53 Å². The predicted octanol–water partition coefficient (Wildman–Crippen LogP) is 2.64. The second kappa shape index (κ2) is 7.21. The molecule has 1 aromatic heterocycles. The Hall–Kier alpha value is -2.89. The zero-order valence-corrected chi connectivity index (χ0v) is 12.6. The van der Waals surface area contributed by atoms with Crippen molar-refractivity contribution in [2.45, 2.75) is 6.92 Å². The van der Waals surface area contributed by atoms with Crippen molar-refractivity contribution >= 4 is 17.5 Å². The highest BCUT2D eigenvalue weighted by atomic mass is 16.5. The van der Waals surface area contributed by atoms with E-state index in [9.17, 15) is 4.79 Å². The fraction of sp³-hybridized carbons (Fsp3) is 0.188. The number of aromatic nitrogens is 2. The lowest BCUT2D eigenvalue weighted by molar-refractivity contribution is 0.102. The van der Waals surface area contributed by atoms with Crippen LogP contribution in [0.3, 0.4) is 0 Å². The third kappa shape index (κ3) is 4.05. The number of benzene rings is 1. The Morgan fingerprint density at radius 3 is 2.68 bits per heavy atom. The molecule has 114 valence electrons. The first-order chi connectivity index (χ1) is 10.6. The zero-order chi connectivity index (χ0) is 15.9. The van der Waals surface area contributed by atoms with Crippen LogP contribution in [0, 0.1) is 6.92 Å². The van der Waals surface area contributed by atoms with Gasteiger partial charge in [0, 0.05) is 17.9 Å². The van der Waals surface area contributed by atoms with E-state index in [1.807, 2.05) is 6.92 Å². The van der Waals surface area contributed by atoms with Crippen molar-refractivity contribution in [3.8, 4) is 5.75 Å². The second-order valence-electron chi connectivity index (χ2n) is 4.57. The van der Waals surface area contributed by atoms with Gasteiger partial charge in [0.15, 0.2) is 0 Å². The predicted molar refractivity (Wildman–Crippen MR) is 86.4 cm³/mol.